The average molecular weight is 461 g/mol. The van der Waals surface area contributed by atoms with Crippen molar-refractivity contribution >= 4 is 34.8 Å². The van der Waals surface area contributed by atoms with Crippen molar-refractivity contribution in [2.24, 2.45) is 5.73 Å². The lowest BCUT2D eigenvalue weighted by Gasteiger charge is -2.21. The van der Waals surface area contributed by atoms with Gasteiger partial charge in [-0.15, -0.1) is 12.4 Å². The molecule has 1 saturated heterocycles. The van der Waals surface area contributed by atoms with Crippen molar-refractivity contribution in [1.29, 1.82) is 0 Å². The Balaban J connectivity index is 0.00000272. The fraction of sp³-hybridized carbons (Fsp3) is 0.417. The summed E-state index contributed by atoms with van der Waals surface area (Å²) in [7, 11) is 0. The maximum Gasteiger partial charge on any atom is 0.274 e. The first kappa shape index (κ1) is 23.7. The summed E-state index contributed by atoms with van der Waals surface area (Å²) >= 11 is 6.04. The van der Waals surface area contributed by atoms with Crippen LogP contribution in [0.1, 0.15) is 43.0 Å². The van der Waals surface area contributed by atoms with Crippen LogP contribution in [0.15, 0.2) is 53.3 Å². The smallest absolute Gasteiger partial charge is 0.274 e. The Morgan fingerprint density at radius 1 is 1.03 bits per heavy atom. The number of nitrogens with two attached hydrogens (primary N) is 1. The van der Waals surface area contributed by atoms with E-state index in [0.717, 1.165) is 78.9 Å². The summed E-state index contributed by atoms with van der Waals surface area (Å²) in [5.41, 5.74) is 7.77. The number of nitrogens with zero attached hydrogens (tertiary/aromatic N) is 3. The molecule has 31 heavy (non-hydrogen) atoms. The zero-order valence-electron chi connectivity index (χ0n) is 17.7. The fourth-order valence-electron chi connectivity index (χ4n) is 4.37. The molecule has 1 fully saturated rings. The van der Waals surface area contributed by atoms with Crippen LogP contribution in [0.5, 0.6) is 0 Å². The van der Waals surface area contributed by atoms with Crippen LogP contribution >= 0.6 is 24.0 Å². The third-order valence-electron chi connectivity index (χ3n) is 6.00. The summed E-state index contributed by atoms with van der Waals surface area (Å²) in [6.45, 7) is 3.80. The first-order valence-corrected chi connectivity index (χ1v) is 11.2. The van der Waals surface area contributed by atoms with E-state index in [1.807, 2.05) is 48.5 Å². The molecule has 1 aromatic heterocycles. The zero-order chi connectivity index (χ0) is 20.9. The first-order chi connectivity index (χ1) is 14.7. The number of hydrogen-bond donors (Lipinski definition) is 1. The predicted molar refractivity (Wildman–Crippen MR) is 131 cm³/mol. The minimum Gasteiger partial charge on any atom is -0.330 e. The Bertz CT molecular complexity index is 1050. The molecule has 4 rings (SSSR count). The van der Waals surface area contributed by atoms with E-state index < -0.39 is 0 Å². The topological polar surface area (TPSA) is 64.2 Å². The highest BCUT2D eigenvalue weighted by Gasteiger charge is 2.22. The maximum absolute atomic E-state index is 13.3. The largest absolute Gasteiger partial charge is 0.330 e. The van der Waals surface area contributed by atoms with Crippen LogP contribution in [0, 0.1) is 0 Å². The highest BCUT2D eigenvalue weighted by atomic mass is 35.5. The summed E-state index contributed by atoms with van der Waals surface area (Å²) in [4.78, 5) is 15.8. The standard InChI is InChI=1S/C24H29ClN4O.ClH/c25-19-10-8-18(9-11-19)17-23-21-6-1-2-7-22(21)24(30)29(27-23)20-5-3-14-28(16-12-20)15-4-13-26;/h1-2,6-11,20H,3-5,12-17,26H2;1H. The second kappa shape index (κ2) is 11.1. The van der Waals surface area contributed by atoms with Crippen molar-refractivity contribution in [3.8, 4) is 0 Å². The van der Waals surface area contributed by atoms with Gasteiger partial charge in [-0.1, -0.05) is 41.9 Å². The number of hydrogen-bond acceptors (Lipinski definition) is 4. The van der Waals surface area contributed by atoms with Crippen molar-refractivity contribution in [2.75, 3.05) is 26.2 Å². The molecule has 166 valence electrons. The van der Waals surface area contributed by atoms with Crippen LogP contribution in [0.25, 0.3) is 10.8 Å². The molecule has 0 amide bonds. The quantitative estimate of drug-likeness (QED) is 0.590. The summed E-state index contributed by atoms with van der Waals surface area (Å²) < 4.78 is 1.76. The molecule has 0 radical (unpaired) electrons. The van der Waals surface area contributed by atoms with Crippen molar-refractivity contribution in [1.82, 2.24) is 14.7 Å². The van der Waals surface area contributed by atoms with Crippen molar-refractivity contribution in [2.45, 2.75) is 38.1 Å². The summed E-state index contributed by atoms with van der Waals surface area (Å²) in [5, 5.41) is 7.31. The Labute approximate surface area is 194 Å². The van der Waals surface area contributed by atoms with Gasteiger partial charge in [0.25, 0.3) is 5.56 Å². The number of aromatic nitrogens is 2. The lowest BCUT2D eigenvalue weighted by atomic mass is 10.0. The highest BCUT2D eigenvalue weighted by Crippen LogP contribution is 2.24. The highest BCUT2D eigenvalue weighted by molar-refractivity contribution is 6.30. The van der Waals surface area contributed by atoms with E-state index in [0.29, 0.717) is 6.42 Å². The normalized spacial score (nSPS) is 17.3. The maximum atomic E-state index is 13.3. The van der Waals surface area contributed by atoms with Crippen LogP contribution < -0.4 is 11.3 Å². The Hall–Kier alpha value is -1.92. The van der Waals surface area contributed by atoms with E-state index in [1.54, 1.807) is 4.68 Å². The zero-order valence-corrected chi connectivity index (χ0v) is 19.2. The number of fused-ring (bicyclic) bond motifs is 1. The molecule has 3 aromatic rings. The predicted octanol–water partition coefficient (Wildman–Crippen LogP) is 4.44. The fourth-order valence-corrected chi connectivity index (χ4v) is 4.49. The van der Waals surface area contributed by atoms with E-state index >= 15 is 0 Å². The van der Waals surface area contributed by atoms with E-state index in [1.165, 1.54) is 0 Å². The van der Waals surface area contributed by atoms with Crippen molar-refractivity contribution in [3.63, 3.8) is 0 Å². The molecular formula is C24H30Cl2N4O. The van der Waals surface area contributed by atoms with E-state index in [9.17, 15) is 4.79 Å². The van der Waals surface area contributed by atoms with Gasteiger partial charge in [0.1, 0.15) is 0 Å². The number of benzene rings is 2. The molecule has 1 aliphatic rings. The molecule has 0 bridgehead atoms. The number of likely N-dealkylation sites (tertiary alicyclic amines) is 1. The van der Waals surface area contributed by atoms with Crippen LogP contribution in [0.3, 0.4) is 0 Å². The number of rotatable bonds is 6. The van der Waals surface area contributed by atoms with Crippen molar-refractivity contribution in [3.05, 3.63) is 75.2 Å². The van der Waals surface area contributed by atoms with Crippen LogP contribution in [0.4, 0.5) is 0 Å². The van der Waals surface area contributed by atoms with E-state index in [-0.39, 0.29) is 24.0 Å². The first-order valence-electron chi connectivity index (χ1n) is 10.8. The Morgan fingerprint density at radius 3 is 2.52 bits per heavy atom. The third-order valence-corrected chi connectivity index (χ3v) is 6.26. The molecule has 0 aliphatic carbocycles. The van der Waals surface area contributed by atoms with E-state index in [2.05, 4.69) is 4.90 Å². The van der Waals surface area contributed by atoms with E-state index in [4.69, 9.17) is 22.4 Å². The second-order valence-corrected chi connectivity index (χ2v) is 8.55. The molecule has 2 aromatic carbocycles. The van der Waals surface area contributed by atoms with Gasteiger partial charge in [0.05, 0.1) is 17.1 Å². The molecule has 5 nitrogen and oxygen atoms in total. The van der Waals surface area contributed by atoms with Gasteiger partial charge < -0.3 is 10.6 Å². The van der Waals surface area contributed by atoms with Gasteiger partial charge in [-0.05, 0) is 69.1 Å². The van der Waals surface area contributed by atoms with Crippen LogP contribution in [0.2, 0.25) is 5.02 Å². The summed E-state index contributed by atoms with van der Waals surface area (Å²) in [6, 6.07) is 15.8. The molecule has 2 N–H and O–H groups in total. The average Bonchev–Trinajstić information content (AvgIpc) is 3.01. The minimum atomic E-state index is 0. The van der Waals surface area contributed by atoms with Gasteiger partial charge in [0.15, 0.2) is 0 Å². The number of halogens is 2. The lowest BCUT2D eigenvalue weighted by Crippen LogP contribution is -2.30. The molecule has 1 aliphatic heterocycles. The molecule has 0 spiro atoms. The monoisotopic (exact) mass is 460 g/mol. The third kappa shape index (κ3) is 5.66. The van der Waals surface area contributed by atoms with Gasteiger partial charge in [-0.3, -0.25) is 4.79 Å². The van der Waals surface area contributed by atoms with Crippen LogP contribution in [-0.2, 0) is 6.42 Å². The molecule has 2 heterocycles. The lowest BCUT2D eigenvalue weighted by molar-refractivity contribution is 0.276. The summed E-state index contributed by atoms with van der Waals surface area (Å²) in [5.74, 6) is 0. The van der Waals surface area contributed by atoms with Gasteiger partial charge >= 0.3 is 0 Å². The molecule has 7 heteroatoms. The SMILES string of the molecule is Cl.NCCCN1CCCC(n2nc(Cc3ccc(Cl)cc3)c3ccccc3c2=O)CC1. The minimum absolute atomic E-state index is 0. The second-order valence-electron chi connectivity index (χ2n) is 8.11. The molecule has 1 atom stereocenters. The molecule has 1 unspecified atom stereocenters. The van der Waals surface area contributed by atoms with Gasteiger partial charge in [0, 0.05) is 23.4 Å². The molecular weight excluding hydrogens is 431 g/mol. The Kier molecular flexibility index (Phi) is 8.50. The van der Waals surface area contributed by atoms with Gasteiger partial charge in [0.2, 0.25) is 0 Å². The van der Waals surface area contributed by atoms with Gasteiger partial charge in [-0.25, -0.2) is 4.68 Å². The van der Waals surface area contributed by atoms with Crippen molar-refractivity contribution < 1.29 is 0 Å². The Morgan fingerprint density at radius 2 is 1.77 bits per heavy atom. The molecule has 0 saturated carbocycles. The van der Waals surface area contributed by atoms with Gasteiger partial charge in [-0.2, -0.15) is 5.10 Å². The summed E-state index contributed by atoms with van der Waals surface area (Å²) in [6.07, 6.45) is 4.68. The van der Waals surface area contributed by atoms with Crippen LogP contribution in [-0.4, -0.2) is 40.9 Å².